The third kappa shape index (κ3) is 8.48. The Hall–Kier alpha value is -3.15. The van der Waals surface area contributed by atoms with Crippen LogP contribution in [-0.4, -0.2) is 55.3 Å². The van der Waals surface area contributed by atoms with Gasteiger partial charge in [0.05, 0.1) is 30.2 Å². The van der Waals surface area contributed by atoms with E-state index in [4.69, 9.17) is 9.31 Å². The van der Waals surface area contributed by atoms with Gasteiger partial charge >= 0.3 is 13.3 Å². The Morgan fingerprint density at radius 1 is 1.00 bits per heavy atom. The van der Waals surface area contributed by atoms with Gasteiger partial charge in [-0.3, -0.25) is 14.9 Å². The third-order valence-corrected chi connectivity index (χ3v) is 10.2. The molecule has 6 atom stereocenters. The zero-order chi connectivity index (χ0) is 34.2. The lowest BCUT2D eigenvalue weighted by Gasteiger charge is -2.64. The fraction of sp³-hybridized carbons (Fsp3) is 0.556. The molecule has 1 heterocycles. The van der Waals surface area contributed by atoms with Crippen LogP contribution in [0.1, 0.15) is 65.5 Å². The van der Waals surface area contributed by atoms with Crippen LogP contribution in [0.2, 0.25) is 0 Å². The van der Waals surface area contributed by atoms with E-state index in [1.165, 1.54) is 6.08 Å². The van der Waals surface area contributed by atoms with Gasteiger partial charge < -0.3 is 19.9 Å². The van der Waals surface area contributed by atoms with Gasteiger partial charge in [0.15, 0.2) is 0 Å². The molecule has 4 aliphatic rings. The summed E-state index contributed by atoms with van der Waals surface area (Å²) in [5, 5.41) is 8.24. The lowest BCUT2D eigenvalue weighted by molar-refractivity contribution is -0.199. The first-order valence-corrected chi connectivity index (χ1v) is 16.5. The maximum Gasteiger partial charge on any atom is 0.482 e. The summed E-state index contributed by atoms with van der Waals surface area (Å²) < 4.78 is 53.4. The smallest absolute Gasteiger partial charge is 0.404 e. The molecule has 0 spiro atoms. The minimum absolute atomic E-state index is 0.0355. The van der Waals surface area contributed by atoms with Crippen LogP contribution in [-0.2, 0) is 31.7 Å². The zero-order valence-corrected chi connectivity index (χ0v) is 28.1. The second-order valence-electron chi connectivity index (χ2n) is 15.3. The van der Waals surface area contributed by atoms with Crippen molar-refractivity contribution in [3.05, 3.63) is 77.9 Å². The van der Waals surface area contributed by atoms with Crippen molar-refractivity contribution in [2.45, 2.75) is 97.1 Å². The van der Waals surface area contributed by atoms with Crippen LogP contribution < -0.4 is 16.0 Å². The summed E-state index contributed by atoms with van der Waals surface area (Å²) in [5.74, 6) is -0.689. The van der Waals surface area contributed by atoms with Crippen LogP contribution >= 0.6 is 0 Å². The highest BCUT2D eigenvalue weighted by molar-refractivity contribution is 6.48. The summed E-state index contributed by atoms with van der Waals surface area (Å²) in [7, 11) is -0.757. The first-order valence-electron chi connectivity index (χ1n) is 16.5. The van der Waals surface area contributed by atoms with Crippen molar-refractivity contribution in [2.24, 2.45) is 22.7 Å². The first-order chi connectivity index (χ1) is 21.9. The van der Waals surface area contributed by atoms with E-state index in [0.717, 1.165) is 18.4 Å². The molecule has 47 heavy (non-hydrogen) atoms. The summed E-state index contributed by atoms with van der Waals surface area (Å²) in [6.07, 6.45) is 0.894. The first kappa shape index (κ1) is 35.2. The summed E-state index contributed by atoms with van der Waals surface area (Å²) in [5.41, 5.74) is 1.45. The number of anilines is 1. The Morgan fingerprint density at radius 2 is 1.70 bits per heavy atom. The maximum atomic E-state index is 13.9. The van der Waals surface area contributed by atoms with Gasteiger partial charge in [0.1, 0.15) is 0 Å². The number of nitrogens with one attached hydrogen (secondary N) is 3. The van der Waals surface area contributed by atoms with Crippen molar-refractivity contribution in [1.29, 1.82) is 0 Å². The van der Waals surface area contributed by atoms with E-state index in [0.29, 0.717) is 29.5 Å². The van der Waals surface area contributed by atoms with Crippen molar-refractivity contribution >= 4 is 24.6 Å². The predicted octanol–water partition coefficient (Wildman–Crippen LogP) is 6.29. The molecule has 0 aromatic heterocycles. The van der Waals surface area contributed by atoms with Crippen LogP contribution in [0.15, 0.2) is 66.7 Å². The Kier molecular flexibility index (Phi) is 10.0. The molecule has 2 aromatic carbocycles. The van der Waals surface area contributed by atoms with Gasteiger partial charge in [-0.1, -0.05) is 83.2 Å². The van der Waals surface area contributed by atoms with Crippen LogP contribution in [0.5, 0.6) is 0 Å². The summed E-state index contributed by atoms with van der Waals surface area (Å²) in [6, 6.07) is 15.2. The lowest BCUT2D eigenvalue weighted by Crippen LogP contribution is -2.65. The fourth-order valence-corrected chi connectivity index (χ4v) is 7.46. The number of benzene rings is 2. The van der Waals surface area contributed by atoms with E-state index in [9.17, 15) is 22.8 Å². The molecule has 6 rings (SSSR count). The highest BCUT2D eigenvalue weighted by Gasteiger charge is 2.68. The zero-order valence-electron chi connectivity index (χ0n) is 28.1. The molecule has 1 aliphatic heterocycles. The minimum atomic E-state index is -4.52. The number of hydrogen-bond donors (Lipinski definition) is 3. The molecule has 2 bridgehead atoms. The van der Waals surface area contributed by atoms with Crippen LogP contribution in [0.4, 0.5) is 18.9 Å². The van der Waals surface area contributed by atoms with Crippen molar-refractivity contribution in [3.63, 3.8) is 0 Å². The van der Waals surface area contributed by atoms with Gasteiger partial charge in [-0.25, -0.2) is 0 Å². The van der Waals surface area contributed by atoms with E-state index in [1.54, 1.807) is 30.3 Å². The molecule has 3 N–H and O–H groups in total. The van der Waals surface area contributed by atoms with Gasteiger partial charge in [-0.05, 0) is 84.6 Å². The largest absolute Gasteiger partial charge is 0.482 e. The molecule has 254 valence electrons. The highest BCUT2D eigenvalue weighted by Crippen LogP contribution is 2.65. The molecule has 3 saturated carbocycles. The van der Waals surface area contributed by atoms with Crippen LogP contribution in [0.3, 0.4) is 0 Å². The fourth-order valence-electron chi connectivity index (χ4n) is 7.46. The minimum Gasteiger partial charge on any atom is -0.404 e. The van der Waals surface area contributed by atoms with E-state index in [2.05, 4.69) is 36.7 Å². The van der Waals surface area contributed by atoms with Crippen LogP contribution in [0.25, 0.3) is 0 Å². The number of hydrogen-bond acceptors (Lipinski definition) is 5. The average Bonchev–Trinajstić information content (AvgIpc) is 3.35. The molecule has 7 nitrogen and oxygen atoms in total. The van der Waals surface area contributed by atoms with Crippen molar-refractivity contribution in [2.75, 3.05) is 11.9 Å². The average molecular weight is 654 g/mol. The van der Waals surface area contributed by atoms with Crippen molar-refractivity contribution < 1.29 is 32.1 Å². The maximum absolute atomic E-state index is 13.9. The van der Waals surface area contributed by atoms with E-state index in [1.807, 2.05) is 51.1 Å². The van der Waals surface area contributed by atoms with Gasteiger partial charge in [0.2, 0.25) is 11.8 Å². The van der Waals surface area contributed by atoms with E-state index < -0.39 is 43.3 Å². The molecule has 0 radical (unpaired) electrons. The number of amides is 2. The normalized spacial score (nSPS) is 26.3. The molecule has 11 heteroatoms. The van der Waals surface area contributed by atoms with Gasteiger partial charge in [-0.15, -0.1) is 0 Å². The molecule has 2 aromatic rings. The van der Waals surface area contributed by atoms with E-state index in [-0.39, 0.29) is 29.3 Å². The topological polar surface area (TPSA) is 88.7 Å². The number of carbonyl (C=O) groups is 2. The molecule has 0 unspecified atom stereocenters. The molecule has 3 aliphatic carbocycles. The highest BCUT2D eigenvalue weighted by atomic mass is 19.4. The van der Waals surface area contributed by atoms with Gasteiger partial charge in [-0.2, -0.15) is 13.2 Å². The van der Waals surface area contributed by atoms with Gasteiger partial charge in [0, 0.05) is 5.69 Å². The second kappa shape index (κ2) is 13.4. The predicted molar refractivity (Wildman–Crippen MR) is 177 cm³/mol. The second-order valence-corrected chi connectivity index (χ2v) is 15.3. The standard InChI is InChI=1S/C36H47BF3N3O4/c1-33(2,3)16-15-31(44)42-26-14-10-13-24(17-26)18-27(41-22-36(38,39)40)32(45)43-30(19-23-11-8-7-9-12-23)37-46-29-21-25-20-28(34(25,4)5)35(29,6)47-37/h7-17,25,27-30,41H,18-22H2,1-6H3,(H,42,44)(H,43,45)/t25-,27+,28-,29+,30-,35-/m0/s1. The summed E-state index contributed by atoms with van der Waals surface area (Å²) >= 11 is 0. The SMILES string of the molecule is CC(C)(C)C=CC(=O)Nc1cccc(C[C@@H](NCC(F)(F)F)C(=O)N[C@@H](Cc2ccccc2)B2O[C@@H]3C[C@@H]4C[C@@H](C4(C)C)[C@]3(C)O2)c1. The van der Waals surface area contributed by atoms with Gasteiger partial charge in [0.25, 0.3) is 0 Å². The number of rotatable bonds is 11. The number of allylic oxidation sites excluding steroid dienone is 1. The monoisotopic (exact) mass is 653 g/mol. The Labute approximate surface area is 276 Å². The Bertz CT molecular complexity index is 1460. The van der Waals surface area contributed by atoms with Crippen molar-refractivity contribution in [3.8, 4) is 0 Å². The molecule has 2 amide bonds. The van der Waals surface area contributed by atoms with Crippen molar-refractivity contribution in [1.82, 2.24) is 10.6 Å². The Balaban J connectivity index is 1.34. The molecule has 1 saturated heterocycles. The number of carbonyl (C=O) groups excluding carboxylic acids is 2. The summed E-state index contributed by atoms with van der Waals surface area (Å²) in [4.78, 5) is 26.4. The third-order valence-electron chi connectivity index (χ3n) is 10.2. The lowest BCUT2D eigenvalue weighted by atomic mass is 9.43. The molecular formula is C36H47BF3N3O4. The van der Waals surface area contributed by atoms with Crippen LogP contribution in [0, 0.1) is 22.7 Å². The number of halogens is 3. The molecular weight excluding hydrogens is 606 g/mol. The summed E-state index contributed by atoms with van der Waals surface area (Å²) in [6.45, 7) is 11.2. The molecule has 4 fully saturated rings. The Morgan fingerprint density at radius 3 is 2.36 bits per heavy atom. The number of alkyl halides is 3. The van der Waals surface area contributed by atoms with E-state index >= 15 is 0 Å². The quantitative estimate of drug-likeness (QED) is 0.196.